The summed E-state index contributed by atoms with van der Waals surface area (Å²) < 4.78 is 5.28. The minimum atomic E-state index is -0.0748. The first kappa shape index (κ1) is 15.6. The fourth-order valence-corrected chi connectivity index (χ4v) is 2.69. The Labute approximate surface area is 146 Å². The Morgan fingerprint density at radius 1 is 1.08 bits per heavy atom. The lowest BCUT2D eigenvalue weighted by Crippen LogP contribution is -2.25. The summed E-state index contributed by atoms with van der Waals surface area (Å²) in [6.45, 7) is 0.611. The van der Waals surface area contributed by atoms with Crippen LogP contribution in [0, 0.1) is 0 Å². The Morgan fingerprint density at radius 3 is 2.56 bits per heavy atom. The Morgan fingerprint density at radius 2 is 1.84 bits per heavy atom. The van der Waals surface area contributed by atoms with E-state index in [1.807, 2.05) is 30.3 Å². The van der Waals surface area contributed by atoms with E-state index in [0.717, 1.165) is 30.7 Å². The lowest BCUT2D eigenvalue weighted by atomic mass is 10.1. The summed E-state index contributed by atoms with van der Waals surface area (Å²) in [7, 11) is 0. The molecule has 0 unspecified atom stereocenters. The molecule has 0 aliphatic heterocycles. The van der Waals surface area contributed by atoms with Gasteiger partial charge in [-0.25, -0.2) is 0 Å². The molecule has 5 heteroatoms. The van der Waals surface area contributed by atoms with Crippen molar-refractivity contribution in [3.63, 3.8) is 0 Å². The first-order valence-electron chi connectivity index (χ1n) is 8.56. The molecule has 0 bridgehead atoms. The third kappa shape index (κ3) is 3.76. The molecule has 0 spiro atoms. The van der Waals surface area contributed by atoms with Crippen molar-refractivity contribution in [2.24, 2.45) is 0 Å². The molecule has 1 N–H and O–H groups in total. The molecule has 1 amide bonds. The van der Waals surface area contributed by atoms with Crippen LogP contribution < -0.4 is 5.32 Å². The molecular weight excluding hydrogens is 314 g/mol. The highest BCUT2D eigenvalue weighted by molar-refractivity contribution is 5.94. The minimum Gasteiger partial charge on any atom is -0.352 e. The van der Waals surface area contributed by atoms with Gasteiger partial charge >= 0.3 is 0 Å². The minimum absolute atomic E-state index is 0.0748. The van der Waals surface area contributed by atoms with Gasteiger partial charge in [0.25, 0.3) is 5.91 Å². The van der Waals surface area contributed by atoms with Crippen molar-refractivity contribution in [3.05, 3.63) is 71.6 Å². The molecule has 1 aliphatic carbocycles. The fourth-order valence-electron chi connectivity index (χ4n) is 2.69. The first-order valence-corrected chi connectivity index (χ1v) is 8.56. The number of aromatic nitrogens is 2. The van der Waals surface area contributed by atoms with Crippen molar-refractivity contribution >= 4 is 5.91 Å². The second-order valence-electron chi connectivity index (χ2n) is 6.30. The monoisotopic (exact) mass is 333 g/mol. The number of rotatable bonds is 6. The van der Waals surface area contributed by atoms with Crippen LogP contribution in [-0.2, 0) is 6.42 Å². The number of carbonyl (C=O) groups excluding carboxylic acids is 1. The smallest absolute Gasteiger partial charge is 0.251 e. The molecule has 25 heavy (non-hydrogen) atoms. The molecule has 1 heterocycles. The van der Waals surface area contributed by atoms with Gasteiger partial charge in [0, 0.05) is 23.6 Å². The highest BCUT2D eigenvalue weighted by atomic mass is 16.5. The van der Waals surface area contributed by atoms with Crippen LogP contribution in [0.2, 0.25) is 0 Å². The molecular formula is C20H19N3O2. The van der Waals surface area contributed by atoms with Crippen LogP contribution in [0.1, 0.15) is 40.6 Å². The first-order chi connectivity index (χ1) is 12.3. The van der Waals surface area contributed by atoms with Crippen molar-refractivity contribution in [2.75, 3.05) is 6.54 Å². The maximum Gasteiger partial charge on any atom is 0.251 e. The van der Waals surface area contributed by atoms with Gasteiger partial charge in [-0.2, -0.15) is 4.98 Å². The van der Waals surface area contributed by atoms with Crippen LogP contribution in [-0.4, -0.2) is 22.6 Å². The standard InChI is InChI=1S/C20H19N3O2/c24-19(21-13-12-14-4-2-1-3-5-14)16-8-6-15(7-9-16)18-22-20(25-23-18)17-10-11-17/h1-9,17H,10-13H2,(H,21,24). The van der Waals surface area contributed by atoms with Gasteiger partial charge in [-0.05, 0) is 37.0 Å². The maximum atomic E-state index is 12.2. The maximum absolute atomic E-state index is 12.2. The number of hydrogen-bond donors (Lipinski definition) is 1. The summed E-state index contributed by atoms with van der Waals surface area (Å²) in [5.74, 6) is 1.67. The van der Waals surface area contributed by atoms with E-state index in [0.29, 0.717) is 23.9 Å². The summed E-state index contributed by atoms with van der Waals surface area (Å²) in [5, 5.41) is 6.96. The van der Waals surface area contributed by atoms with E-state index in [9.17, 15) is 4.79 Å². The average Bonchev–Trinajstić information content (AvgIpc) is 3.40. The fraction of sp³-hybridized carbons (Fsp3) is 0.250. The molecule has 0 radical (unpaired) electrons. The summed E-state index contributed by atoms with van der Waals surface area (Å²) >= 11 is 0. The molecule has 1 saturated carbocycles. The second-order valence-corrected chi connectivity index (χ2v) is 6.30. The second kappa shape index (κ2) is 6.89. The number of carbonyl (C=O) groups is 1. The normalized spacial score (nSPS) is 13.6. The van der Waals surface area contributed by atoms with E-state index in [-0.39, 0.29) is 5.91 Å². The van der Waals surface area contributed by atoms with E-state index < -0.39 is 0 Å². The summed E-state index contributed by atoms with van der Waals surface area (Å²) in [5.41, 5.74) is 2.70. The highest BCUT2D eigenvalue weighted by Crippen LogP contribution is 2.39. The molecule has 1 fully saturated rings. The Kier molecular flexibility index (Phi) is 4.29. The Bertz CT molecular complexity index is 852. The van der Waals surface area contributed by atoms with Crippen molar-refractivity contribution < 1.29 is 9.32 Å². The molecule has 3 aromatic rings. The van der Waals surface area contributed by atoms with E-state index in [2.05, 4.69) is 27.6 Å². The van der Waals surface area contributed by atoms with E-state index in [4.69, 9.17) is 4.52 Å². The van der Waals surface area contributed by atoms with Crippen molar-refractivity contribution in [1.29, 1.82) is 0 Å². The molecule has 2 aromatic carbocycles. The van der Waals surface area contributed by atoms with Gasteiger partial charge in [0.05, 0.1) is 0 Å². The van der Waals surface area contributed by atoms with Crippen LogP contribution in [0.4, 0.5) is 0 Å². The van der Waals surface area contributed by atoms with Gasteiger partial charge in [0.15, 0.2) is 0 Å². The predicted molar refractivity (Wildman–Crippen MR) is 94.2 cm³/mol. The molecule has 126 valence electrons. The van der Waals surface area contributed by atoms with Gasteiger partial charge < -0.3 is 9.84 Å². The third-order valence-corrected chi connectivity index (χ3v) is 4.32. The van der Waals surface area contributed by atoms with Gasteiger partial charge in [-0.15, -0.1) is 0 Å². The van der Waals surface area contributed by atoms with Gasteiger partial charge in [0.2, 0.25) is 11.7 Å². The third-order valence-electron chi connectivity index (χ3n) is 4.32. The van der Waals surface area contributed by atoms with Gasteiger partial charge in [-0.3, -0.25) is 4.79 Å². The van der Waals surface area contributed by atoms with Crippen molar-refractivity contribution in [3.8, 4) is 11.4 Å². The number of nitrogens with zero attached hydrogens (tertiary/aromatic N) is 2. The van der Waals surface area contributed by atoms with Crippen molar-refractivity contribution in [1.82, 2.24) is 15.5 Å². The molecule has 1 aliphatic rings. The van der Waals surface area contributed by atoms with Crippen LogP contribution in [0.5, 0.6) is 0 Å². The Balaban J connectivity index is 1.35. The quantitative estimate of drug-likeness (QED) is 0.748. The van der Waals surface area contributed by atoms with Crippen LogP contribution >= 0.6 is 0 Å². The van der Waals surface area contributed by atoms with Crippen LogP contribution in [0.15, 0.2) is 59.1 Å². The molecule has 5 nitrogen and oxygen atoms in total. The van der Waals surface area contributed by atoms with Gasteiger partial charge in [-0.1, -0.05) is 47.6 Å². The number of amides is 1. The summed E-state index contributed by atoms with van der Waals surface area (Å²) in [6, 6.07) is 17.4. The number of hydrogen-bond acceptors (Lipinski definition) is 4. The topological polar surface area (TPSA) is 68.0 Å². The van der Waals surface area contributed by atoms with E-state index >= 15 is 0 Å². The summed E-state index contributed by atoms with van der Waals surface area (Å²) in [4.78, 5) is 16.6. The summed E-state index contributed by atoms with van der Waals surface area (Å²) in [6.07, 6.45) is 3.07. The zero-order valence-corrected chi connectivity index (χ0v) is 13.8. The average molecular weight is 333 g/mol. The molecule has 0 saturated heterocycles. The molecule has 1 aromatic heterocycles. The highest BCUT2D eigenvalue weighted by Gasteiger charge is 2.29. The van der Waals surface area contributed by atoms with Crippen molar-refractivity contribution in [2.45, 2.75) is 25.2 Å². The molecule has 4 rings (SSSR count). The predicted octanol–water partition coefficient (Wildman–Crippen LogP) is 3.59. The van der Waals surface area contributed by atoms with Crippen LogP contribution in [0.25, 0.3) is 11.4 Å². The number of benzene rings is 2. The van der Waals surface area contributed by atoms with Gasteiger partial charge in [0.1, 0.15) is 0 Å². The zero-order valence-electron chi connectivity index (χ0n) is 13.8. The van der Waals surface area contributed by atoms with E-state index in [1.165, 1.54) is 5.56 Å². The van der Waals surface area contributed by atoms with E-state index in [1.54, 1.807) is 12.1 Å². The SMILES string of the molecule is O=C(NCCc1ccccc1)c1ccc(-c2noc(C3CC3)n2)cc1. The lowest BCUT2D eigenvalue weighted by Gasteiger charge is -2.06. The Hall–Kier alpha value is -2.95. The zero-order chi connectivity index (χ0) is 17.1. The number of nitrogens with one attached hydrogen (secondary N) is 1. The molecule has 0 atom stereocenters. The van der Waals surface area contributed by atoms with Crippen LogP contribution in [0.3, 0.4) is 0 Å². The lowest BCUT2D eigenvalue weighted by molar-refractivity contribution is 0.0954. The largest absolute Gasteiger partial charge is 0.352 e.